The largest absolute Gasteiger partial charge is 0.497 e. The maximum Gasteiger partial charge on any atom is 0.249 e. The van der Waals surface area contributed by atoms with Crippen LogP contribution in [0.1, 0.15) is 26.3 Å². The summed E-state index contributed by atoms with van der Waals surface area (Å²) >= 11 is 0. The van der Waals surface area contributed by atoms with Crippen molar-refractivity contribution in [1.82, 2.24) is 5.32 Å². The zero-order valence-electron chi connectivity index (χ0n) is 13.0. The molecule has 6 heteroatoms. The molecule has 5 nitrogen and oxygen atoms in total. The summed E-state index contributed by atoms with van der Waals surface area (Å²) in [4.78, 5) is 11.9. The van der Waals surface area contributed by atoms with Gasteiger partial charge in [-0.1, -0.05) is 12.1 Å². The number of hydrogen-bond donors (Lipinski definition) is 2. The molecule has 0 saturated heterocycles. The van der Waals surface area contributed by atoms with E-state index in [0.29, 0.717) is 13.2 Å². The molecule has 0 saturated carbocycles. The molecule has 120 valence electrons. The average Bonchev–Trinajstić information content (AvgIpc) is 2.44. The third kappa shape index (κ3) is 6.80. The van der Waals surface area contributed by atoms with Gasteiger partial charge in [-0.25, -0.2) is 0 Å². The molecule has 0 fully saturated rings. The van der Waals surface area contributed by atoms with Crippen molar-refractivity contribution in [2.24, 2.45) is 5.73 Å². The Balaban J connectivity index is 0.00000400. The number of hydrogen-bond acceptors (Lipinski definition) is 4. The molecular formula is C15H25ClN2O3. The van der Waals surface area contributed by atoms with E-state index in [1.165, 1.54) is 0 Å². The fraction of sp³-hybridized carbons (Fsp3) is 0.533. The zero-order chi connectivity index (χ0) is 15.2. The van der Waals surface area contributed by atoms with Crippen LogP contribution >= 0.6 is 12.4 Å². The minimum absolute atomic E-state index is 0. The van der Waals surface area contributed by atoms with Gasteiger partial charge in [0.1, 0.15) is 11.9 Å². The predicted octanol–water partition coefficient (Wildman–Crippen LogP) is 1.88. The van der Waals surface area contributed by atoms with E-state index in [-0.39, 0.29) is 18.3 Å². The Labute approximate surface area is 132 Å². The van der Waals surface area contributed by atoms with Gasteiger partial charge in [0.25, 0.3) is 0 Å². The molecule has 1 unspecified atom stereocenters. The molecule has 21 heavy (non-hydrogen) atoms. The fourth-order valence-electron chi connectivity index (χ4n) is 1.55. The van der Waals surface area contributed by atoms with Crippen molar-refractivity contribution >= 4 is 18.3 Å². The van der Waals surface area contributed by atoms with E-state index in [2.05, 4.69) is 5.32 Å². The van der Waals surface area contributed by atoms with Gasteiger partial charge in [0.05, 0.1) is 13.7 Å². The van der Waals surface area contributed by atoms with Gasteiger partial charge in [-0.05, 0) is 38.5 Å². The van der Waals surface area contributed by atoms with Crippen molar-refractivity contribution in [2.45, 2.75) is 39.0 Å². The summed E-state index contributed by atoms with van der Waals surface area (Å²) in [7, 11) is 1.62. The third-order valence-electron chi connectivity index (χ3n) is 2.98. The molecular weight excluding hydrogens is 292 g/mol. The normalized spacial score (nSPS) is 12.2. The number of rotatable bonds is 7. The lowest BCUT2D eigenvalue weighted by atomic mass is 10.1. The molecule has 0 radical (unpaired) electrons. The standard InChI is InChI=1S/C15H24N2O3.ClH/c1-11(14(18)17-15(2,3)10-16)20-9-12-6-5-7-13(8-12)19-4;/h5-8,11H,9-10,16H2,1-4H3,(H,17,18);1H. The molecule has 1 aromatic rings. The summed E-state index contributed by atoms with van der Waals surface area (Å²) in [5.74, 6) is 0.607. The number of methoxy groups -OCH3 is 1. The van der Waals surface area contributed by atoms with Gasteiger partial charge in [0.2, 0.25) is 5.91 Å². The Bertz CT molecular complexity index is 452. The molecule has 1 aromatic carbocycles. The van der Waals surface area contributed by atoms with E-state index in [9.17, 15) is 4.79 Å². The molecule has 0 aliphatic rings. The quantitative estimate of drug-likeness (QED) is 0.805. The van der Waals surface area contributed by atoms with Crippen LogP contribution in [0.15, 0.2) is 24.3 Å². The first-order valence-electron chi connectivity index (χ1n) is 6.64. The lowest BCUT2D eigenvalue weighted by Crippen LogP contribution is -2.52. The van der Waals surface area contributed by atoms with Crippen molar-refractivity contribution in [3.63, 3.8) is 0 Å². The first-order chi connectivity index (χ1) is 9.38. The smallest absolute Gasteiger partial charge is 0.249 e. The fourth-order valence-corrected chi connectivity index (χ4v) is 1.55. The second-order valence-electron chi connectivity index (χ2n) is 5.38. The predicted molar refractivity (Wildman–Crippen MR) is 85.8 cm³/mol. The van der Waals surface area contributed by atoms with Gasteiger partial charge in [-0.3, -0.25) is 4.79 Å². The summed E-state index contributed by atoms with van der Waals surface area (Å²) in [6, 6.07) is 7.56. The van der Waals surface area contributed by atoms with E-state index < -0.39 is 11.6 Å². The van der Waals surface area contributed by atoms with E-state index in [0.717, 1.165) is 11.3 Å². The molecule has 1 atom stereocenters. The summed E-state index contributed by atoms with van der Waals surface area (Å²) in [5.41, 5.74) is 6.12. The molecule has 0 bridgehead atoms. The number of amides is 1. The summed E-state index contributed by atoms with van der Waals surface area (Å²) in [6.07, 6.45) is -0.535. The van der Waals surface area contributed by atoms with Gasteiger partial charge < -0.3 is 20.5 Å². The zero-order valence-corrected chi connectivity index (χ0v) is 13.8. The first kappa shape index (κ1) is 19.7. The SMILES string of the molecule is COc1cccc(COC(C)C(=O)NC(C)(C)CN)c1.Cl. The Morgan fingerprint density at radius 2 is 2.10 bits per heavy atom. The highest BCUT2D eigenvalue weighted by Gasteiger charge is 2.22. The summed E-state index contributed by atoms with van der Waals surface area (Å²) in [6.45, 7) is 6.21. The van der Waals surface area contributed by atoms with Crippen LogP contribution in [0.25, 0.3) is 0 Å². The van der Waals surface area contributed by atoms with Crippen molar-refractivity contribution in [2.75, 3.05) is 13.7 Å². The van der Waals surface area contributed by atoms with Crippen molar-refractivity contribution in [3.05, 3.63) is 29.8 Å². The Kier molecular flexibility index (Phi) is 8.32. The van der Waals surface area contributed by atoms with Crippen LogP contribution < -0.4 is 15.8 Å². The van der Waals surface area contributed by atoms with Crippen LogP contribution in [-0.2, 0) is 16.1 Å². The highest BCUT2D eigenvalue weighted by molar-refractivity contribution is 5.85. The summed E-state index contributed by atoms with van der Waals surface area (Å²) < 4.78 is 10.7. The molecule has 3 N–H and O–H groups in total. The van der Waals surface area contributed by atoms with E-state index >= 15 is 0 Å². The molecule has 0 aromatic heterocycles. The van der Waals surface area contributed by atoms with Gasteiger partial charge in [0, 0.05) is 12.1 Å². The van der Waals surface area contributed by atoms with Crippen molar-refractivity contribution in [1.29, 1.82) is 0 Å². The van der Waals surface area contributed by atoms with Crippen LogP contribution in [0.3, 0.4) is 0 Å². The second-order valence-corrected chi connectivity index (χ2v) is 5.38. The number of ether oxygens (including phenoxy) is 2. The summed E-state index contributed by atoms with van der Waals surface area (Å²) in [5, 5.41) is 2.85. The number of carbonyl (C=O) groups excluding carboxylic acids is 1. The van der Waals surface area contributed by atoms with Gasteiger partial charge in [0.15, 0.2) is 0 Å². The topological polar surface area (TPSA) is 73.6 Å². The first-order valence-corrected chi connectivity index (χ1v) is 6.64. The van der Waals surface area contributed by atoms with Crippen LogP contribution in [-0.4, -0.2) is 31.2 Å². The number of carbonyl (C=O) groups is 1. The number of nitrogens with one attached hydrogen (secondary N) is 1. The minimum atomic E-state index is -0.535. The molecule has 0 aliphatic carbocycles. The number of benzene rings is 1. The Morgan fingerprint density at radius 1 is 1.43 bits per heavy atom. The highest BCUT2D eigenvalue weighted by Crippen LogP contribution is 2.14. The lowest BCUT2D eigenvalue weighted by Gasteiger charge is -2.26. The molecule has 1 rings (SSSR count). The van der Waals surface area contributed by atoms with E-state index in [1.807, 2.05) is 38.1 Å². The highest BCUT2D eigenvalue weighted by atomic mass is 35.5. The van der Waals surface area contributed by atoms with Crippen LogP contribution in [0.5, 0.6) is 5.75 Å². The van der Waals surface area contributed by atoms with E-state index in [4.69, 9.17) is 15.2 Å². The second kappa shape index (κ2) is 8.87. The van der Waals surface area contributed by atoms with Crippen molar-refractivity contribution in [3.8, 4) is 5.75 Å². The number of nitrogens with two attached hydrogens (primary N) is 1. The van der Waals surface area contributed by atoms with Gasteiger partial charge >= 0.3 is 0 Å². The molecule has 0 spiro atoms. The average molecular weight is 317 g/mol. The third-order valence-corrected chi connectivity index (χ3v) is 2.98. The minimum Gasteiger partial charge on any atom is -0.497 e. The Hall–Kier alpha value is -1.30. The van der Waals surface area contributed by atoms with Crippen LogP contribution in [0.2, 0.25) is 0 Å². The lowest BCUT2D eigenvalue weighted by molar-refractivity contribution is -0.134. The molecule has 0 heterocycles. The molecule has 1 amide bonds. The van der Waals surface area contributed by atoms with Gasteiger partial charge in [-0.15, -0.1) is 12.4 Å². The van der Waals surface area contributed by atoms with Crippen LogP contribution in [0, 0.1) is 0 Å². The van der Waals surface area contributed by atoms with Gasteiger partial charge in [-0.2, -0.15) is 0 Å². The van der Waals surface area contributed by atoms with Crippen LogP contribution in [0.4, 0.5) is 0 Å². The monoisotopic (exact) mass is 316 g/mol. The maximum absolute atomic E-state index is 11.9. The number of halogens is 1. The molecule has 0 aliphatic heterocycles. The maximum atomic E-state index is 11.9. The van der Waals surface area contributed by atoms with E-state index in [1.54, 1.807) is 14.0 Å². The van der Waals surface area contributed by atoms with Crippen molar-refractivity contribution < 1.29 is 14.3 Å². The Morgan fingerprint density at radius 3 is 2.67 bits per heavy atom.